The van der Waals surface area contributed by atoms with E-state index in [1.54, 1.807) is 0 Å². The fourth-order valence-electron chi connectivity index (χ4n) is 1.82. The minimum absolute atomic E-state index is 0.0934. The number of rotatable bonds is 2. The van der Waals surface area contributed by atoms with Crippen molar-refractivity contribution in [3.05, 3.63) is 57.3 Å². The predicted octanol–water partition coefficient (Wildman–Crippen LogP) is 4.87. The van der Waals surface area contributed by atoms with Gasteiger partial charge in [0.05, 0.1) is 10.0 Å². The van der Waals surface area contributed by atoms with Crippen molar-refractivity contribution >= 4 is 15.9 Å². The lowest BCUT2D eigenvalue weighted by Crippen LogP contribution is -1.92. The quantitative estimate of drug-likeness (QED) is 0.791. The summed E-state index contributed by atoms with van der Waals surface area (Å²) in [5.74, 6) is 0.0992. The monoisotopic (exact) mass is 319 g/mol. The van der Waals surface area contributed by atoms with Gasteiger partial charge in [-0.25, -0.2) is 4.39 Å². The Bertz CT molecular complexity index is 656. The topological polar surface area (TPSA) is 33.0 Å². The minimum Gasteiger partial charge on any atom is -0.454 e. The molecule has 2 nitrogen and oxygen atoms in total. The first-order chi connectivity index (χ1) is 9.01. The zero-order valence-electron chi connectivity index (χ0n) is 10.5. The lowest BCUT2D eigenvalue weighted by Gasteiger charge is -2.10. The Morgan fingerprint density at radius 1 is 1.16 bits per heavy atom. The van der Waals surface area contributed by atoms with Crippen LogP contribution in [-0.2, 0) is 0 Å². The first kappa shape index (κ1) is 13.6. The first-order valence-electron chi connectivity index (χ1n) is 5.65. The van der Waals surface area contributed by atoms with E-state index in [0.717, 1.165) is 11.1 Å². The van der Waals surface area contributed by atoms with Gasteiger partial charge in [-0.3, -0.25) is 0 Å². The second kappa shape index (κ2) is 5.41. The highest BCUT2D eigenvalue weighted by atomic mass is 79.9. The van der Waals surface area contributed by atoms with Gasteiger partial charge in [-0.2, -0.15) is 5.26 Å². The Labute approximate surface area is 119 Å². The van der Waals surface area contributed by atoms with Gasteiger partial charge in [-0.15, -0.1) is 0 Å². The second-order valence-electron chi connectivity index (χ2n) is 4.28. The molecule has 0 aliphatic rings. The summed E-state index contributed by atoms with van der Waals surface area (Å²) in [6.07, 6.45) is 0. The van der Waals surface area contributed by atoms with Crippen LogP contribution in [0.3, 0.4) is 0 Å². The summed E-state index contributed by atoms with van der Waals surface area (Å²) < 4.78 is 19.7. The van der Waals surface area contributed by atoms with Gasteiger partial charge in [0.1, 0.15) is 11.8 Å². The van der Waals surface area contributed by atoms with Crippen LogP contribution in [0.15, 0.2) is 34.8 Å². The van der Waals surface area contributed by atoms with Crippen LogP contribution in [0, 0.1) is 31.0 Å². The maximum Gasteiger partial charge on any atom is 0.181 e. The molecule has 0 unspecified atom stereocenters. The van der Waals surface area contributed by atoms with Gasteiger partial charge in [-0.05, 0) is 65.2 Å². The van der Waals surface area contributed by atoms with Crippen LogP contribution in [0.25, 0.3) is 0 Å². The molecule has 19 heavy (non-hydrogen) atoms. The standard InChI is InChI=1S/C15H11BrFNO/c1-9-5-10(2)7-12(6-9)19-13-4-3-11(8-18)14(16)15(13)17/h3-7H,1-2H3. The Kier molecular flexibility index (Phi) is 3.87. The van der Waals surface area contributed by atoms with E-state index in [9.17, 15) is 4.39 Å². The highest BCUT2D eigenvalue weighted by Gasteiger charge is 2.13. The fourth-order valence-corrected chi connectivity index (χ4v) is 2.23. The van der Waals surface area contributed by atoms with Crippen molar-refractivity contribution < 1.29 is 9.13 Å². The van der Waals surface area contributed by atoms with E-state index >= 15 is 0 Å². The third-order valence-electron chi connectivity index (χ3n) is 2.59. The van der Waals surface area contributed by atoms with E-state index in [0.29, 0.717) is 5.75 Å². The fraction of sp³-hybridized carbons (Fsp3) is 0.133. The summed E-state index contributed by atoms with van der Waals surface area (Å²) in [4.78, 5) is 0. The van der Waals surface area contributed by atoms with E-state index in [1.807, 2.05) is 38.1 Å². The molecule has 0 saturated carbocycles. The second-order valence-corrected chi connectivity index (χ2v) is 5.07. The first-order valence-corrected chi connectivity index (χ1v) is 6.45. The molecule has 0 spiro atoms. The number of hydrogen-bond donors (Lipinski definition) is 0. The summed E-state index contributed by atoms with van der Waals surface area (Å²) in [5.41, 5.74) is 2.33. The van der Waals surface area contributed by atoms with Crippen LogP contribution in [-0.4, -0.2) is 0 Å². The Balaban J connectivity index is 2.39. The largest absolute Gasteiger partial charge is 0.454 e. The van der Waals surface area contributed by atoms with Gasteiger partial charge in [0, 0.05) is 0 Å². The molecule has 2 aromatic rings. The van der Waals surface area contributed by atoms with Crippen molar-refractivity contribution in [2.24, 2.45) is 0 Å². The number of halogens is 2. The number of benzene rings is 2. The molecule has 0 amide bonds. The molecule has 0 aromatic heterocycles. The van der Waals surface area contributed by atoms with Crippen LogP contribution < -0.4 is 4.74 Å². The number of ether oxygens (including phenoxy) is 1. The van der Waals surface area contributed by atoms with Crippen molar-refractivity contribution in [2.45, 2.75) is 13.8 Å². The van der Waals surface area contributed by atoms with Crippen molar-refractivity contribution in [1.82, 2.24) is 0 Å². The molecule has 0 saturated heterocycles. The number of nitriles is 1. The van der Waals surface area contributed by atoms with Crippen LogP contribution in [0.2, 0.25) is 0 Å². The minimum atomic E-state index is -0.571. The normalized spacial score (nSPS) is 10.1. The van der Waals surface area contributed by atoms with Crippen molar-refractivity contribution in [3.63, 3.8) is 0 Å². The van der Waals surface area contributed by atoms with Crippen molar-refractivity contribution in [1.29, 1.82) is 5.26 Å². The highest BCUT2D eigenvalue weighted by Crippen LogP contribution is 2.32. The highest BCUT2D eigenvalue weighted by molar-refractivity contribution is 9.10. The molecular weight excluding hydrogens is 309 g/mol. The van der Waals surface area contributed by atoms with Gasteiger partial charge < -0.3 is 4.74 Å². The molecule has 0 aliphatic heterocycles. The van der Waals surface area contributed by atoms with E-state index < -0.39 is 5.82 Å². The Morgan fingerprint density at radius 2 is 1.79 bits per heavy atom. The lowest BCUT2D eigenvalue weighted by atomic mass is 10.1. The summed E-state index contributed by atoms with van der Waals surface area (Å²) in [6, 6.07) is 10.6. The zero-order chi connectivity index (χ0) is 14.0. The van der Waals surface area contributed by atoms with Crippen LogP contribution in [0.5, 0.6) is 11.5 Å². The van der Waals surface area contributed by atoms with Crippen LogP contribution >= 0.6 is 15.9 Å². The van der Waals surface area contributed by atoms with Crippen LogP contribution in [0.1, 0.15) is 16.7 Å². The summed E-state index contributed by atoms with van der Waals surface area (Å²) in [7, 11) is 0. The van der Waals surface area contributed by atoms with Gasteiger partial charge >= 0.3 is 0 Å². The molecule has 96 valence electrons. The molecular formula is C15H11BrFNO. The third-order valence-corrected chi connectivity index (χ3v) is 3.37. The zero-order valence-corrected chi connectivity index (χ0v) is 12.1. The van der Waals surface area contributed by atoms with E-state index in [1.165, 1.54) is 12.1 Å². The summed E-state index contributed by atoms with van der Waals surface area (Å²) in [6.45, 7) is 3.90. The molecule has 0 N–H and O–H groups in total. The van der Waals surface area contributed by atoms with Gasteiger partial charge in [0.2, 0.25) is 0 Å². The molecule has 0 heterocycles. The summed E-state index contributed by atoms with van der Waals surface area (Å²) in [5, 5.41) is 8.81. The van der Waals surface area contributed by atoms with Gasteiger partial charge in [-0.1, -0.05) is 6.07 Å². The molecule has 4 heteroatoms. The van der Waals surface area contributed by atoms with Crippen molar-refractivity contribution in [2.75, 3.05) is 0 Å². The number of aryl methyl sites for hydroxylation is 2. The Hall–Kier alpha value is -1.86. The molecule has 0 aliphatic carbocycles. The average molecular weight is 320 g/mol. The SMILES string of the molecule is Cc1cc(C)cc(Oc2ccc(C#N)c(Br)c2F)c1. The van der Waals surface area contributed by atoms with Crippen LogP contribution in [0.4, 0.5) is 4.39 Å². The lowest BCUT2D eigenvalue weighted by molar-refractivity contribution is 0.439. The molecule has 2 aromatic carbocycles. The van der Waals surface area contributed by atoms with Gasteiger partial charge in [0.15, 0.2) is 11.6 Å². The molecule has 0 radical (unpaired) electrons. The molecule has 2 rings (SSSR count). The third kappa shape index (κ3) is 2.94. The van der Waals surface area contributed by atoms with E-state index in [-0.39, 0.29) is 15.8 Å². The predicted molar refractivity (Wildman–Crippen MR) is 74.8 cm³/mol. The van der Waals surface area contributed by atoms with E-state index in [4.69, 9.17) is 10.00 Å². The number of hydrogen-bond acceptors (Lipinski definition) is 2. The maximum atomic E-state index is 14.0. The molecule has 0 fully saturated rings. The van der Waals surface area contributed by atoms with Crippen molar-refractivity contribution in [3.8, 4) is 17.6 Å². The average Bonchev–Trinajstić information content (AvgIpc) is 2.34. The number of nitrogens with zero attached hydrogens (tertiary/aromatic N) is 1. The molecule has 0 atom stereocenters. The summed E-state index contributed by atoms with van der Waals surface area (Å²) >= 11 is 3.06. The van der Waals surface area contributed by atoms with E-state index in [2.05, 4.69) is 15.9 Å². The maximum absolute atomic E-state index is 14.0. The molecule has 0 bridgehead atoms. The van der Waals surface area contributed by atoms with Gasteiger partial charge in [0.25, 0.3) is 0 Å². The Morgan fingerprint density at radius 3 is 2.37 bits per heavy atom. The smallest absolute Gasteiger partial charge is 0.181 e.